The van der Waals surface area contributed by atoms with Crippen LogP contribution in [0.5, 0.6) is 0 Å². The van der Waals surface area contributed by atoms with Crippen LogP contribution in [0.4, 0.5) is 0 Å². The molecule has 3 nitrogen and oxygen atoms in total. The molecule has 0 bridgehead atoms. The van der Waals surface area contributed by atoms with E-state index in [1.807, 2.05) is 58.9 Å². The van der Waals surface area contributed by atoms with E-state index in [4.69, 9.17) is 20.9 Å². The van der Waals surface area contributed by atoms with Crippen molar-refractivity contribution in [2.75, 3.05) is 0 Å². The highest BCUT2D eigenvalue weighted by Gasteiger charge is 2.51. The van der Waals surface area contributed by atoms with Gasteiger partial charge < -0.3 is 9.31 Å². The van der Waals surface area contributed by atoms with Gasteiger partial charge in [-0.2, -0.15) is 0 Å². The van der Waals surface area contributed by atoms with E-state index in [2.05, 4.69) is 4.98 Å². The molecule has 0 atom stereocenters. The average molecular weight is 304 g/mol. The molecule has 3 rings (SSSR count). The summed E-state index contributed by atoms with van der Waals surface area (Å²) in [4.78, 5) is 4.50. The molecule has 0 amide bonds. The monoisotopic (exact) mass is 303 g/mol. The topological polar surface area (TPSA) is 31.4 Å². The van der Waals surface area contributed by atoms with Crippen molar-refractivity contribution in [2.24, 2.45) is 0 Å². The Morgan fingerprint density at radius 2 is 1.67 bits per heavy atom. The molecule has 0 radical (unpaired) electrons. The second-order valence-electron chi connectivity index (χ2n) is 6.61. The van der Waals surface area contributed by atoms with Crippen LogP contribution in [-0.2, 0) is 9.31 Å². The Hall–Kier alpha value is -1.10. The molecule has 0 N–H and O–H groups in total. The first-order chi connectivity index (χ1) is 9.69. The van der Waals surface area contributed by atoms with Gasteiger partial charge in [-0.3, -0.25) is 4.98 Å². The summed E-state index contributed by atoms with van der Waals surface area (Å²) in [6, 6.07) is 7.84. The van der Waals surface area contributed by atoms with Crippen molar-refractivity contribution in [3.8, 4) is 0 Å². The van der Waals surface area contributed by atoms with Crippen LogP contribution in [0, 0.1) is 6.92 Å². The van der Waals surface area contributed by atoms with Gasteiger partial charge in [0.05, 0.1) is 21.7 Å². The van der Waals surface area contributed by atoms with Crippen LogP contribution in [0.25, 0.3) is 10.9 Å². The lowest BCUT2D eigenvalue weighted by Gasteiger charge is -2.32. The van der Waals surface area contributed by atoms with Crippen LogP contribution in [0.2, 0.25) is 5.02 Å². The Balaban J connectivity index is 2.03. The molecule has 0 spiro atoms. The molecular formula is C16H19BClNO2. The SMILES string of the molecule is Cc1cc(Cl)c2cc(B3OC(C)(C)C(C)(C)O3)ccc2n1. The summed E-state index contributed by atoms with van der Waals surface area (Å²) in [5.41, 5.74) is 2.08. The van der Waals surface area contributed by atoms with E-state index in [0.29, 0.717) is 5.02 Å². The third kappa shape index (κ3) is 2.46. The quantitative estimate of drug-likeness (QED) is 0.756. The molecular weight excluding hydrogens is 284 g/mol. The summed E-state index contributed by atoms with van der Waals surface area (Å²) < 4.78 is 12.2. The van der Waals surface area contributed by atoms with E-state index < -0.39 is 0 Å². The molecule has 0 aliphatic carbocycles. The van der Waals surface area contributed by atoms with Gasteiger partial charge in [-0.05, 0) is 52.2 Å². The molecule has 1 aromatic carbocycles. The zero-order valence-electron chi connectivity index (χ0n) is 13.0. The number of benzene rings is 1. The van der Waals surface area contributed by atoms with Crippen molar-refractivity contribution in [2.45, 2.75) is 45.8 Å². The summed E-state index contributed by atoms with van der Waals surface area (Å²) in [5, 5.41) is 1.63. The molecule has 1 aliphatic rings. The molecule has 5 heteroatoms. The van der Waals surface area contributed by atoms with Crippen molar-refractivity contribution in [3.63, 3.8) is 0 Å². The Bertz CT molecular complexity index is 699. The number of pyridine rings is 1. The maximum atomic E-state index is 6.33. The lowest BCUT2D eigenvalue weighted by Crippen LogP contribution is -2.41. The first-order valence-corrected chi connectivity index (χ1v) is 7.50. The van der Waals surface area contributed by atoms with Crippen molar-refractivity contribution >= 4 is 35.1 Å². The van der Waals surface area contributed by atoms with Gasteiger partial charge in [-0.15, -0.1) is 0 Å². The second-order valence-corrected chi connectivity index (χ2v) is 7.02. The largest absolute Gasteiger partial charge is 0.494 e. The van der Waals surface area contributed by atoms with Crippen molar-refractivity contribution in [1.82, 2.24) is 4.98 Å². The van der Waals surface area contributed by atoms with E-state index in [1.165, 1.54) is 0 Å². The zero-order valence-corrected chi connectivity index (χ0v) is 13.8. The number of aryl methyl sites for hydroxylation is 1. The Kier molecular flexibility index (Phi) is 3.32. The van der Waals surface area contributed by atoms with Gasteiger partial charge in [0, 0.05) is 11.1 Å². The Morgan fingerprint density at radius 3 is 2.29 bits per heavy atom. The number of hydrogen-bond acceptors (Lipinski definition) is 3. The summed E-state index contributed by atoms with van der Waals surface area (Å²) in [6.45, 7) is 10.1. The lowest BCUT2D eigenvalue weighted by atomic mass is 9.78. The Morgan fingerprint density at radius 1 is 1.05 bits per heavy atom. The molecule has 1 fully saturated rings. The summed E-state index contributed by atoms with van der Waals surface area (Å²) in [6.07, 6.45) is 0. The normalized spacial score (nSPS) is 20.2. The van der Waals surface area contributed by atoms with Gasteiger partial charge in [-0.25, -0.2) is 0 Å². The molecule has 0 saturated carbocycles. The maximum Gasteiger partial charge on any atom is 0.494 e. The van der Waals surface area contributed by atoms with Crippen LogP contribution in [-0.4, -0.2) is 23.3 Å². The lowest BCUT2D eigenvalue weighted by molar-refractivity contribution is 0.00578. The molecule has 1 saturated heterocycles. The van der Waals surface area contributed by atoms with Crippen LogP contribution in [0.15, 0.2) is 24.3 Å². The smallest absolute Gasteiger partial charge is 0.399 e. The van der Waals surface area contributed by atoms with Crippen LogP contribution in [0.3, 0.4) is 0 Å². The van der Waals surface area contributed by atoms with E-state index >= 15 is 0 Å². The molecule has 1 aliphatic heterocycles. The fraction of sp³-hybridized carbons (Fsp3) is 0.438. The second kappa shape index (κ2) is 4.70. The molecule has 2 heterocycles. The van der Waals surface area contributed by atoms with Gasteiger partial charge in [0.2, 0.25) is 0 Å². The number of halogens is 1. The molecule has 1 aromatic heterocycles. The summed E-state index contributed by atoms with van der Waals surface area (Å²) in [5.74, 6) is 0. The minimum absolute atomic E-state index is 0.345. The van der Waals surface area contributed by atoms with Gasteiger partial charge in [-0.1, -0.05) is 23.7 Å². The van der Waals surface area contributed by atoms with Crippen LogP contribution >= 0.6 is 11.6 Å². The Labute approximate surface area is 130 Å². The maximum absolute atomic E-state index is 6.33. The number of nitrogens with zero attached hydrogens (tertiary/aromatic N) is 1. The zero-order chi connectivity index (χ0) is 15.4. The number of rotatable bonds is 1. The van der Waals surface area contributed by atoms with Gasteiger partial charge in [0.1, 0.15) is 0 Å². The molecule has 0 unspecified atom stereocenters. The van der Waals surface area contributed by atoms with E-state index in [0.717, 1.165) is 22.1 Å². The minimum Gasteiger partial charge on any atom is -0.399 e. The fourth-order valence-electron chi connectivity index (χ4n) is 2.45. The number of hydrogen-bond donors (Lipinski definition) is 0. The first-order valence-electron chi connectivity index (χ1n) is 7.12. The minimum atomic E-state index is -0.378. The van der Waals surface area contributed by atoms with Crippen molar-refractivity contribution in [1.29, 1.82) is 0 Å². The number of aromatic nitrogens is 1. The third-order valence-corrected chi connectivity index (χ3v) is 4.75. The predicted octanol–water partition coefficient (Wildman–Crippen LogP) is 3.50. The van der Waals surface area contributed by atoms with E-state index in [1.54, 1.807) is 0 Å². The predicted molar refractivity (Wildman–Crippen MR) is 87.2 cm³/mol. The fourth-order valence-corrected chi connectivity index (χ4v) is 2.76. The molecule has 21 heavy (non-hydrogen) atoms. The van der Waals surface area contributed by atoms with Gasteiger partial charge >= 0.3 is 7.12 Å². The van der Waals surface area contributed by atoms with Gasteiger partial charge in [0.15, 0.2) is 0 Å². The average Bonchev–Trinajstić information content (AvgIpc) is 2.58. The highest BCUT2D eigenvalue weighted by atomic mass is 35.5. The standard InChI is InChI=1S/C16H19BClNO2/c1-10-8-13(18)12-9-11(6-7-14(12)19-10)17-20-15(2,3)16(4,5)21-17/h6-9H,1-5H3. The highest BCUT2D eigenvalue weighted by molar-refractivity contribution is 6.62. The molecule has 2 aromatic rings. The van der Waals surface area contributed by atoms with Crippen LogP contribution < -0.4 is 5.46 Å². The molecule has 110 valence electrons. The third-order valence-electron chi connectivity index (χ3n) is 4.44. The summed E-state index contributed by atoms with van der Waals surface area (Å²) in [7, 11) is -0.378. The summed E-state index contributed by atoms with van der Waals surface area (Å²) >= 11 is 6.33. The first kappa shape index (κ1) is 14.8. The van der Waals surface area contributed by atoms with E-state index in [-0.39, 0.29) is 18.3 Å². The van der Waals surface area contributed by atoms with Crippen molar-refractivity contribution < 1.29 is 9.31 Å². The highest BCUT2D eigenvalue weighted by Crippen LogP contribution is 2.36. The van der Waals surface area contributed by atoms with E-state index in [9.17, 15) is 0 Å². The number of fused-ring (bicyclic) bond motifs is 1. The van der Waals surface area contributed by atoms with Gasteiger partial charge in [0.25, 0.3) is 0 Å². The van der Waals surface area contributed by atoms with Crippen LogP contribution in [0.1, 0.15) is 33.4 Å². The van der Waals surface area contributed by atoms with Crippen molar-refractivity contribution in [3.05, 3.63) is 35.0 Å².